The quantitative estimate of drug-likeness (QED) is 0.360. The summed E-state index contributed by atoms with van der Waals surface area (Å²) in [6, 6.07) is 24.9. The number of ether oxygens (including phenoxy) is 1. The van der Waals surface area contributed by atoms with Gasteiger partial charge in [-0.3, -0.25) is 13.8 Å². The highest BCUT2D eigenvalue weighted by molar-refractivity contribution is 7.93. The second kappa shape index (κ2) is 10.1. The van der Waals surface area contributed by atoms with E-state index in [1.165, 1.54) is 48.7 Å². The molecule has 1 amide bonds. The van der Waals surface area contributed by atoms with E-state index in [0.717, 1.165) is 4.31 Å². The number of fused-ring (bicyclic) bond motifs is 1. The van der Waals surface area contributed by atoms with Gasteiger partial charge in [0.05, 0.1) is 22.0 Å². The first kappa shape index (κ1) is 25.2. The Kier molecular flexibility index (Phi) is 6.74. The van der Waals surface area contributed by atoms with E-state index >= 15 is 0 Å². The first-order valence-electron chi connectivity index (χ1n) is 11.4. The first-order valence-corrected chi connectivity index (χ1v) is 14.3. The van der Waals surface area contributed by atoms with Crippen molar-refractivity contribution >= 4 is 43.1 Å². The number of carbonyl (C=O) groups is 1. The van der Waals surface area contributed by atoms with Gasteiger partial charge in [-0.05, 0) is 60.7 Å². The van der Waals surface area contributed by atoms with Crippen LogP contribution in [0.15, 0.2) is 113 Å². The zero-order valence-electron chi connectivity index (χ0n) is 19.8. The number of pyridine rings is 1. The van der Waals surface area contributed by atoms with Crippen molar-refractivity contribution in [1.29, 1.82) is 0 Å². The van der Waals surface area contributed by atoms with Crippen molar-refractivity contribution in [3.05, 3.63) is 103 Å². The zero-order chi connectivity index (χ0) is 26.8. The van der Waals surface area contributed by atoms with Gasteiger partial charge in [0.2, 0.25) is 0 Å². The number of carbonyl (C=O) groups excluding carboxylic acids is 1. The second-order valence-electron chi connectivity index (χ2n) is 8.26. The smallest absolute Gasteiger partial charge is 0.267 e. The molecule has 1 aliphatic heterocycles. The Morgan fingerprint density at radius 2 is 1.50 bits per heavy atom. The fourth-order valence-electron chi connectivity index (χ4n) is 3.85. The van der Waals surface area contributed by atoms with E-state index < -0.39 is 32.1 Å². The molecule has 0 spiro atoms. The molecule has 1 atom stereocenters. The summed E-state index contributed by atoms with van der Waals surface area (Å²) in [5.41, 5.74) is 0.641. The summed E-state index contributed by atoms with van der Waals surface area (Å²) in [5.74, 6) is -0.162. The third kappa shape index (κ3) is 5.17. The number of nitrogens with one attached hydrogen (secondary N) is 2. The van der Waals surface area contributed by atoms with Crippen molar-refractivity contribution in [3.8, 4) is 5.75 Å². The maximum absolute atomic E-state index is 13.4. The Bertz CT molecular complexity index is 1660. The topological polar surface area (TPSA) is 135 Å². The van der Waals surface area contributed by atoms with Gasteiger partial charge in [0.25, 0.3) is 26.0 Å². The molecule has 3 aromatic carbocycles. The second-order valence-corrected chi connectivity index (χ2v) is 11.8. The molecular formula is C26H22N4O6S2. The Morgan fingerprint density at radius 1 is 0.816 bits per heavy atom. The van der Waals surface area contributed by atoms with Crippen molar-refractivity contribution in [2.75, 3.05) is 20.9 Å². The standard InChI is InChI=1S/C26H22N4O6S2/c31-26(28-19-13-15-20(16-14-19)37(32,33)29-25-12-6-7-17-27-25)24-18-30(22-10-4-5-11-23(22)36-24)38(34,35)21-8-2-1-3-9-21/h1-17,24H,18H2,(H,27,29)(H,28,31)/t24-/m0/s1. The van der Waals surface area contributed by atoms with E-state index in [2.05, 4.69) is 15.0 Å². The van der Waals surface area contributed by atoms with Crippen LogP contribution in [0.4, 0.5) is 17.2 Å². The summed E-state index contributed by atoms with van der Waals surface area (Å²) >= 11 is 0. The number of rotatable bonds is 7. The number of hydrogen-bond acceptors (Lipinski definition) is 7. The molecule has 0 radical (unpaired) electrons. The van der Waals surface area contributed by atoms with Crippen molar-refractivity contribution in [1.82, 2.24) is 4.98 Å². The SMILES string of the molecule is O=C(Nc1ccc(S(=O)(=O)Nc2ccccn2)cc1)[C@@H]1CN(S(=O)(=O)c2ccccc2)c2ccccc2O1. The number of sulfonamides is 2. The largest absolute Gasteiger partial charge is 0.476 e. The molecule has 194 valence electrons. The molecule has 1 aliphatic rings. The first-order chi connectivity index (χ1) is 18.2. The van der Waals surface area contributed by atoms with Gasteiger partial charge in [0, 0.05) is 11.9 Å². The van der Waals surface area contributed by atoms with Crippen LogP contribution in [0, 0.1) is 0 Å². The molecule has 0 aliphatic carbocycles. The minimum Gasteiger partial charge on any atom is -0.476 e. The van der Waals surface area contributed by atoms with Gasteiger partial charge in [-0.1, -0.05) is 36.4 Å². The molecule has 0 saturated carbocycles. The predicted octanol–water partition coefficient (Wildman–Crippen LogP) is 3.48. The number of amides is 1. The number of aromatic nitrogens is 1. The monoisotopic (exact) mass is 550 g/mol. The van der Waals surface area contributed by atoms with Gasteiger partial charge < -0.3 is 10.1 Å². The summed E-state index contributed by atoms with van der Waals surface area (Å²) in [6.07, 6.45) is 0.312. The fourth-order valence-corrected chi connectivity index (χ4v) is 6.35. The summed E-state index contributed by atoms with van der Waals surface area (Å²) in [7, 11) is -7.85. The summed E-state index contributed by atoms with van der Waals surface area (Å²) in [5, 5.41) is 2.67. The molecule has 2 N–H and O–H groups in total. The fraction of sp³-hybridized carbons (Fsp3) is 0.0769. The normalized spacial score (nSPS) is 15.2. The molecule has 2 heterocycles. The van der Waals surface area contributed by atoms with Crippen LogP contribution in [-0.2, 0) is 24.8 Å². The molecule has 4 aromatic rings. The minimum absolute atomic E-state index is 0.0240. The van der Waals surface area contributed by atoms with Gasteiger partial charge in [-0.2, -0.15) is 0 Å². The lowest BCUT2D eigenvalue weighted by Crippen LogP contribution is -2.48. The number of para-hydroxylation sites is 2. The molecule has 0 bridgehead atoms. The van der Waals surface area contributed by atoms with Crippen molar-refractivity contribution in [2.24, 2.45) is 0 Å². The van der Waals surface area contributed by atoms with Crippen LogP contribution in [0.25, 0.3) is 0 Å². The van der Waals surface area contributed by atoms with Crippen molar-refractivity contribution < 1.29 is 26.4 Å². The van der Waals surface area contributed by atoms with E-state index in [1.807, 2.05) is 0 Å². The number of hydrogen-bond donors (Lipinski definition) is 2. The van der Waals surface area contributed by atoms with E-state index in [1.54, 1.807) is 54.6 Å². The summed E-state index contributed by atoms with van der Waals surface area (Å²) in [6.45, 7) is -0.249. The van der Waals surface area contributed by atoms with Crippen molar-refractivity contribution in [3.63, 3.8) is 0 Å². The third-order valence-corrected chi connectivity index (χ3v) is 8.86. The summed E-state index contributed by atoms with van der Waals surface area (Å²) in [4.78, 5) is 17.1. The van der Waals surface area contributed by atoms with E-state index in [0.29, 0.717) is 11.4 Å². The molecule has 12 heteroatoms. The van der Waals surface area contributed by atoms with E-state index in [-0.39, 0.29) is 27.9 Å². The molecule has 38 heavy (non-hydrogen) atoms. The van der Waals surface area contributed by atoms with Crippen LogP contribution >= 0.6 is 0 Å². The van der Waals surface area contributed by atoms with Crippen LogP contribution in [0.3, 0.4) is 0 Å². The van der Waals surface area contributed by atoms with Gasteiger partial charge in [-0.25, -0.2) is 21.8 Å². The average molecular weight is 551 g/mol. The average Bonchev–Trinajstić information content (AvgIpc) is 2.93. The van der Waals surface area contributed by atoms with Gasteiger partial charge in [-0.15, -0.1) is 0 Å². The maximum atomic E-state index is 13.4. The predicted molar refractivity (Wildman–Crippen MR) is 142 cm³/mol. The zero-order valence-corrected chi connectivity index (χ0v) is 21.4. The van der Waals surface area contributed by atoms with Gasteiger partial charge >= 0.3 is 0 Å². The lowest BCUT2D eigenvalue weighted by molar-refractivity contribution is -0.122. The molecule has 10 nitrogen and oxygen atoms in total. The Hall–Kier alpha value is -4.42. The van der Waals surface area contributed by atoms with Gasteiger partial charge in [0.1, 0.15) is 11.6 Å². The highest BCUT2D eigenvalue weighted by Crippen LogP contribution is 2.37. The molecule has 0 saturated heterocycles. The molecular weight excluding hydrogens is 528 g/mol. The van der Waals surface area contributed by atoms with Crippen LogP contribution in [0.2, 0.25) is 0 Å². The van der Waals surface area contributed by atoms with Crippen LogP contribution in [0.5, 0.6) is 5.75 Å². The minimum atomic E-state index is -3.97. The Labute approximate surface area is 220 Å². The highest BCUT2D eigenvalue weighted by atomic mass is 32.2. The Balaban J connectivity index is 1.34. The number of anilines is 3. The van der Waals surface area contributed by atoms with Gasteiger partial charge in [0.15, 0.2) is 6.10 Å². The molecule has 5 rings (SSSR count). The third-order valence-electron chi connectivity index (χ3n) is 5.69. The highest BCUT2D eigenvalue weighted by Gasteiger charge is 2.37. The van der Waals surface area contributed by atoms with E-state index in [9.17, 15) is 21.6 Å². The molecule has 0 unspecified atom stereocenters. The van der Waals surface area contributed by atoms with Crippen LogP contribution in [0.1, 0.15) is 0 Å². The maximum Gasteiger partial charge on any atom is 0.267 e. The number of nitrogens with zero attached hydrogens (tertiary/aromatic N) is 2. The summed E-state index contributed by atoms with van der Waals surface area (Å²) < 4.78 is 61.4. The van der Waals surface area contributed by atoms with Crippen LogP contribution in [-0.4, -0.2) is 40.4 Å². The Morgan fingerprint density at radius 3 is 2.21 bits per heavy atom. The van der Waals surface area contributed by atoms with Crippen LogP contribution < -0.4 is 19.1 Å². The lowest BCUT2D eigenvalue weighted by Gasteiger charge is -2.34. The van der Waals surface area contributed by atoms with Crippen molar-refractivity contribution in [2.45, 2.75) is 15.9 Å². The molecule has 0 fully saturated rings. The molecule has 1 aromatic heterocycles. The van der Waals surface area contributed by atoms with E-state index in [4.69, 9.17) is 4.74 Å². The lowest BCUT2D eigenvalue weighted by atomic mass is 10.2. The number of benzene rings is 3.